The number of carbonyl (C=O) groups is 2. The summed E-state index contributed by atoms with van der Waals surface area (Å²) >= 11 is 0. The second-order valence-corrected chi connectivity index (χ2v) is 6.56. The van der Waals surface area contributed by atoms with Crippen LogP contribution >= 0.6 is 0 Å². The van der Waals surface area contributed by atoms with Crippen LogP contribution in [0.1, 0.15) is 42.4 Å². The molecule has 0 saturated carbocycles. The molecular weight excluding hydrogens is 320 g/mol. The minimum atomic E-state index is -0.871. The molecule has 1 aliphatic heterocycles. The van der Waals surface area contributed by atoms with Crippen LogP contribution in [0, 0.1) is 0 Å². The highest BCUT2D eigenvalue weighted by Crippen LogP contribution is 2.31. The predicted octanol–water partition coefficient (Wildman–Crippen LogP) is 2.11. The van der Waals surface area contributed by atoms with E-state index in [9.17, 15) is 9.59 Å². The fraction of sp³-hybridized carbons (Fsp3) is 0.444. The van der Waals surface area contributed by atoms with E-state index in [1.165, 1.54) is 6.39 Å². The van der Waals surface area contributed by atoms with Crippen LogP contribution in [0.2, 0.25) is 0 Å². The lowest BCUT2D eigenvalue weighted by Crippen LogP contribution is -2.61. The molecule has 0 spiro atoms. The van der Waals surface area contributed by atoms with Crippen LogP contribution in [-0.2, 0) is 11.3 Å². The Labute approximate surface area is 146 Å². The monoisotopic (exact) mass is 342 g/mol. The van der Waals surface area contributed by atoms with Crippen LogP contribution in [0.4, 0.5) is 0 Å². The molecule has 1 saturated heterocycles. The van der Waals surface area contributed by atoms with Crippen molar-refractivity contribution >= 4 is 11.8 Å². The van der Waals surface area contributed by atoms with E-state index in [1.54, 1.807) is 29.0 Å². The van der Waals surface area contributed by atoms with E-state index in [0.29, 0.717) is 24.4 Å². The topological polar surface area (TPSA) is 79.5 Å². The van der Waals surface area contributed by atoms with Crippen molar-refractivity contribution in [3.05, 3.63) is 48.1 Å². The highest BCUT2D eigenvalue weighted by molar-refractivity contribution is 5.99. The van der Waals surface area contributed by atoms with E-state index in [-0.39, 0.29) is 18.4 Å². The SMILES string of the molecule is CN(Cc1ncon1)C(=O)C1(C)CCCCN1C(=O)c1ccccc1. The Morgan fingerprint density at radius 3 is 2.72 bits per heavy atom. The fourth-order valence-corrected chi connectivity index (χ4v) is 3.36. The van der Waals surface area contributed by atoms with Gasteiger partial charge in [0.25, 0.3) is 5.91 Å². The number of likely N-dealkylation sites (N-methyl/N-ethyl adjacent to an activating group) is 1. The molecule has 7 heteroatoms. The van der Waals surface area contributed by atoms with Crippen molar-refractivity contribution in [3.8, 4) is 0 Å². The summed E-state index contributed by atoms with van der Waals surface area (Å²) in [4.78, 5) is 33.3. The van der Waals surface area contributed by atoms with Gasteiger partial charge in [0.2, 0.25) is 12.3 Å². The minimum Gasteiger partial charge on any atom is -0.343 e. The second-order valence-electron chi connectivity index (χ2n) is 6.56. The summed E-state index contributed by atoms with van der Waals surface area (Å²) in [5, 5.41) is 3.75. The van der Waals surface area contributed by atoms with Gasteiger partial charge in [-0.2, -0.15) is 4.98 Å². The molecule has 0 radical (unpaired) electrons. The molecule has 1 fully saturated rings. The summed E-state index contributed by atoms with van der Waals surface area (Å²) in [5.41, 5.74) is -0.270. The van der Waals surface area contributed by atoms with Crippen molar-refractivity contribution in [3.63, 3.8) is 0 Å². The molecule has 0 bridgehead atoms. The van der Waals surface area contributed by atoms with E-state index in [2.05, 4.69) is 10.1 Å². The molecule has 3 rings (SSSR count). The van der Waals surface area contributed by atoms with Crippen molar-refractivity contribution in [1.82, 2.24) is 19.9 Å². The third-order valence-corrected chi connectivity index (χ3v) is 4.75. The number of nitrogens with zero attached hydrogens (tertiary/aromatic N) is 4. The first-order chi connectivity index (χ1) is 12.0. The molecule has 1 unspecified atom stereocenters. The van der Waals surface area contributed by atoms with Gasteiger partial charge in [-0.05, 0) is 38.3 Å². The fourth-order valence-electron chi connectivity index (χ4n) is 3.36. The van der Waals surface area contributed by atoms with Gasteiger partial charge >= 0.3 is 0 Å². The molecule has 2 heterocycles. The number of likely N-dealkylation sites (tertiary alicyclic amines) is 1. The van der Waals surface area contributed by atoms with Gasteiger partial charge in [0.15, 0.2) is 5.82 Å². The van der Waals surface area contributed by atoms with Gasteiger partial charge in [0, 0.05) is 19.2 Å². The van der Waals surface area contributed by atoms with Crippen molar-refractivity contribution in [1.29, 1.82) is 0 Å². The molecule has 1 aromatic carbocycles. The number of piperidine rings is 1. The Hall–Kier alpha value is -2.70. The van der Waals surface area contributed by atoms with Crippen molar-refractivity contribution in [2.75, 3.05) is 13.6 Å². The maximum atomic E-state index is 13.1. The molecule has 25 heavy (non-hydrogen) atoms. The van der Waals surface area contributed by atoms with Crippen LogP contribution in [0.25, 0.3) is 0 Å². The van der Waals surface area contributed by atoms with Crippen LogP contribution < -0.4 is 0 Å². The van der Waals surface area contributed by atoms with Crippen molar-refractivity contribution in [2.24, 2.45) is 0 Å². The molecule has 1 aliphatic rings. The lowest BCUT2D eigenvalue weighted by atomic mass is 9.86. The van der Waals surface area contributed by atoms with Gasteiger partial charge in [0.05, 0.1) is 6.54 Å². The molecule has 2 aromatic rings. The quantitative estimate of drug-likeness (QED) is 0.850. The summed E-state index contributed by atoms with van der Waals surface area (Å²) < 4.78 is 4.72. The summed E-state index contributed by atoms with van der Waals surface area (Å²) in [7, 11) is 1.70. The Morgan fingerprint density at radius 1 is 1.28 bits per heavy atom. The minimum absolute atomic E-state index is 0.107. The second kappa shape index (κ2) is 7.04. The normalized spacial score (nSPS) is 20.3. The molecule has 7 nitrogen and oxygen atoms in total. The van der Waals surface area contributed by atoms with Crippen LogP contribution in [0.5, 0.6) is 0 Å². The Morgan fingerprint density at radius 2 is 2.04 bits per heavy atom. The maximum absolute atomic E-state index is 13.1. The van der Waals surface area contributed by atoms with Crippen LogP contribution in [0.3, 0.4) is 0 Å². The van der Waals surface area contributed by atoms with Crippen LogP contribution in [0.15, 0.2) is 41.2 Å². The summed E-state index contributed by atoms with van der Waals surface area (Å²) in [6.07, 6.45) is 3.69. The molecule has 0 N–H and O–H groups in total. The Bertz CT molecular complexity index is 732. The lowest BCUT2D eigenvalue weighted by molar-refractivity contribution is -0.143. The van der Waals surface area contributed by atoms with E-state index >= 15 is 0 Å². The first-order valence-corrected chi connectivity index (χ1v) is 8.40. The zero-order valence-electron chi connectivity index (χ0n) is 14.5. The van der Waals surface area contributed by atoms with Gasteiger partial charge in [-0.25, -0.2) is 0 Å². The lowest BCUT2D eigenvalue weighted by Gasteiger charge is -2.45. The van der Waals surface area contributed by atoms with Gasteiger partial charge in [0.1, 0.15) is 5.54 Å². The van der Waals surface area contributed by atoms with E-state index < -0.39 is 5.54 Å². The number of rotatable bonds is 4. The van der Waals surface area contributed by atoms with Gasteiger partial charge in [-0.15, -0.1) is 0 Å². The summed E-state index contributed by atoms with van der Waals surface area (Å²) in [5.74, 6) is 0.224. The largest absolute Gasteiger partial charge is 0.343 e. The van der Waals surface area contributed by atoms with Crippen LogP contribution in [-0.4, -0.2) is 50.9 Å². The molecule has 132 valence electrons. The zero-order chi connectivity index (χ0) is 17.9. The molecule has 1 aromatic heterocycles. The number of hydrogen-bond donors (Lipinski definition) is 0. The first kappa shape index (κ1) is 17.1. The number of carbonyl (C=O) groups excluding carboxylic acids is 2. The first-order valence-electron chi connectivity index (χ1n) is 8.40. The smallest absolute Gasteiger partial charge is 0.254 e. The average molecular weight is 342 g/mol. The summed E-state index contributed by atoms with van der Waals surface area (Å²) in [6, 6.07) is 9.10. The molecular formula is C18H22N4O3. The van der Waals surface area contributed by atoms with Gasteiger partial charge in [-0.3, -0.25) is 9.59 Å². The number of aromatic nitrogens is 2. The van der Waals surface area contributed by atoms with E-state index in [0.717, 1.165) is 12.8 Å². The Balaban J connectivity index is 1.82. The number of hydrogen-bond acceptors (Lipinski definition) is 5. The average Bonchev–Trinajstić information content (AvgIpc) is 3.14. The van der Waals surface area contributed by atoms with E-state index in [4.69, 9.17) is 4.52 Å². The number of benzene rings is 1. The highest BCUT2D eigenvalue weighted by Gasteiger charge is 2.45. The summed E-state index contributed by atoms with van der Waals surface area (Å²) in [6.45, 7) is 2.67. The third-order valence-electron chi connectivity index (χ3n) is 4.75. The predicted molar refractivity (Wildman–Crippen MR) is 90.5 cm³/mol. The third kappa shape index (κ3) is 3.40. The number of amides is 2. The molecule has 0 aliphatic carbocycles. The van der Waals surface area contributed by atoms with Crippen molar-refractivity contribution in [2.45, 2.75) is 38.3 Å². The highest BCUT2D eigenvalue weighted by atomic mass is 16.5. The molecule has 1 atom stereocenters. The van der Waals surface area contributed by atoms with Crippen molar-refractivity contribution < 1.29 is 14.1 Å². The standard InChI is InChI=1S/C18H22N4O3/c1-18(17(24)21(2)12-15-19-13-25-20-15)10-6-7-11-22(18)16(23)14-8-4-3-5-9-14/h3-5,8-9,13H,6-7,10-12H2,1-2H3. The van der Waals surface area contributed by atoms with Gasteiger partial charge in [-0.1, -0.05) is 23.4 Å². The van der Waals surface area contributed by atoms with Gasteiger partial charge < -0.3 is 14.3 Å². The Kier molecular flexibility index (Phi) is 4.83. The molecule has 2 amide bonds. The van der Waals surface area contributed by atoms with E-state index in [1.807, 2.05) is 25.1 Å². The maximum Gasteiger partial charge on any atom is 0.254 e. The zero-order valence-corrected chi connectivity index (χ0v) is 14.5.